The van der Waals surface area contributed by atoms with Crippen molar-refractivity contribution in [2.75, 3.05) is 20.7 Å². The Morgan fingerprint density at radius 3 is 2.59 bits per heavy atom. The zero-order valence-corrected chi connectivity index (χ0v) is 11.1. The van der Waals surface area contributed by atoms with Crippen LogP contribution in [0.2, 0.25) is 0 Å². The summed E-state index contributed by atoms with van der Waals surface area (Å²) in [6, 6.07) is 5.05. The van der Waals surface area contributed by atoms with Crippen molar-refractivity contribution in [3.63, 3.8) is 0 Å². The van der Waals surface area contributed by atoms with Crippen LogP contribution in [0.25, 0.3) is 0 Å². The van der Waals surface area contributed by atoms with Crippen LogP contribution in [-0.2, 0) is 16.6 Å². The highest BCUT2D eigenvalue weighted by molar-refractivity contribution is 7.89. The van der Waals surface area contributed by atoms with E-state index in [-0.39, 0.29) is 4.90 Å². The van der Waals surface area contributed by atoms with Gasteiger partial charge in [0.1, 0.15) is 10.6 Å². The SMILES string of the molecule is CCNS(=O)(=O)c1ccc(CNC)cc1OC. The van der Waals surface area contributed by atoms with Crippen molar-refractivity contribution < 1.29 is 13.2 Å². The van der Waals surface area contributed by atoms with Gasteiger partial charge in [-0.1, -0.05) is 13.0 Å². The summed E-state index contributed by atoms with van der Waals surface area (Å²) in [5.41, 5.74) is 0.972. The molecule has 0 heterocycles. The Balaban J connectivity index is 3.17. The van der Waals surface area contributed by atoms with Crippen LogP contribution in [0.3, 0.4) is 0 Å². The predicted molar refractivity (Wildman–Crippen MR) is 66.6 cm³/mol. The normalized spacial score (nSPS) is 11.5. The lowest BCUT2D eigenvalue weighted by atomic mass is 10.2. The van der Waals surface area contributed by atoms with Crippen LogP contribution < -0.4 is 14.8 Å². The summed E-state index contributed by atoms with van der Waals surface area (Å²) in [6.45, 7) is 2.75. The van der Waals surface area contributed by atoms with Gasteiger partial charge in [0, 0.05) is 13.1 Å². The van der Waals surface area contributed by atoms with E-state index in [1.165, 1.54) is 7.11 Å². The number of sulfonamides is 1. The molecule has 1 aromatic carbocycles. The van der Waals surface area contributed by atoms with Gasteiger partial charge in [-0.3, -0.25) is 0 Å². The maximum Gasteiger partial charge on any atom is 0.244 e. The highest BCUT2D eigenvalue weighted by atomic mass is 32.2. The molecule has 0 spiro atoms. The van der Waals surface area contributed by atoms with Gasteiger partial charge >= 0.3 is 0 Å². The molecule has 96 valence electrons. The maximum absolute atomic E-state index is 11.9. The molecule has 0 amide bonds. The lowest BCUT2D eigenvalue weighted by Crippen LogP contribution is -2.23. The van der Waals surface area contributed by atoms with Gasteiger partial charge in [0.15, 0.2) is 0 Å². The van der Waals surface area contributed by atoms with Crippen LogP contribution in [0.4, 0.5) is 0 Å². The summed E-state index contributed by atoms with van der Waals surface area (Å²) in [6.07, 6.45) is 0. The molecule has 1 aromatic rings. The molecule has 1 rings (SSSR count). The molecule has 0 fully saturated rings. The second kappa shape index (κ2) is 6.00. The lowest BCUT2D eigenvalue weighted by Gasteiger charge is -2.11. The highest BCUT2D eigenvalue weighted by Gasteiger charge is 2.18. The standard InChI is InChI=1S/C11H18N2O3S/c1-4-13-17(14,15)11-6-5-9(8-12-2)7-10(11)16-3/h5-7,12-13H,4,8H2,1-3H3. The Bertz CT molecular complexity index is 472. The fourth-order valence-electron chi connectivity index (χ4n) is 1.52. The Hall–Kier alpha value is -1.11. The van der Waals surface area contributed by atoms with Gasteiger partial charge in [-0.25, -0.2) is 13.1 Å². The van der Waals surface area contributed by atoms with Crippen molar-refractivity contribution in [3.8, 4) is 5.75 Å². The van der Waals surface area contributed by atoms with Crippen LogP contribution in [-0.4, -0.2) is 29.1 Å². The minimum atomic E-state index is -3.48. The summed E-state index contributed by atoms with van der Waals surface area (Å²) in [4.78, 5) is 0.168. The van der Waals surface area contributed by atoms with Crippen LogP contribution in [0.5, 0.6) is 5.75 Å². The second-order valence-corrected chi connectivity index (χ2v) is 5.25. The van der Waals surface area contributed by atoms with Gasteiger partial charge in [0.25, 0.3) is 0 Å². The first-order valence-electron chi connectivity index (χ1n) is 5.36. The smallest absolute Gasteiger partial charge is 0.244 e. The van der Waals surface area contributed by atoms with Crippen LogP contribution in [0.1, 0.15) is 12.5 Å². The summed E-state index contributed by atoms with van der Waals surface area (Å²) >= 11 is 0. The molecule has 0 saturated heterocycles. The molecular weight excluding hydrogens is 240 g/mol. The van der Waals surface area contributed by atoms with Crippen LogP contribution in [0, 0.1) is 0 Å². The monoisotopic (exact) mass is 258 g/mol. The minimum Gasteiger partial charge on any atom is -0.495 e. The molecule has 6 heteroatoms. The summed E-state index contributed by atoms with van der Waals surface area (Å²) in [7, 11) is -0.189. The quantitative estimate of drug-likeness (QED) is 0.788. The first kappa shape index (κ1) is 14.0. The first-order valence-corrected chi connectivity index (χ1v) is 6.84. The molecule has 0 saturated carbocycles. The Kier molecular flexibility index (Phi) is 4.92. The van der Waals surface area contributed by atoms with Crippen molar-refractivity contribution in [1.29, 1.82) is 0 Å². The molecule has 0 bridgehead atoms. The fraction of sp³-hybridized carbons (Fsp3) is 0.455. The van der Waals surface area contributed by atoms with Crippen molar-refractivity contribution >= 4 is 10.0 Å². The minimum absolute atomic E-state index is 0.168. The van der Waals surface area contributed by atoms with Crippen molar-refractivity contribution in [3.05, 3.63) is 23.8 Å². The van der Waals surface area contributed by atoms with Crippen molar-refractivity contribution in [2.45, 2.75) is 18.4 Å². The molecule has 5 nitrogen and oxygen atoms in total. The van der Waals surface area contributed by atoms with Gasteiger partial charge in [-0.15, -0.1) is 0 Å². The number of nitrogens with one attached hydrogen (secondary N) is 2. The molecule has 2 N–H and O–H groups in total. The van der Waals surface area contributed by atoms with E-state index >= 15 is 0 Å². The molecule has 0 aliphatic heterocycles. The average Bonchev–Trinajstić information content (AvgIpc) is 2.29. The van der Waals surface area contributed by atoms with E-state index in [2.05, 4.69) is 10.0 Å². The zero-order valence-electron chi connectivity index (χ0n) is 10.3. The number of hydrogen-bond acceptors (Lipinski definition) is 4. The third-order valence-electron chi connectivity index (χ3n) is 2.23. The van der Waals surface area contributed by atoms with Gasteiger partial charge in [0.2, 0.25) is 10.0 Å². The third-order valence-corrected chi connectivity index (χ3v) is 3.82. The molecule has 17 heavy (non-hydrogen) atoms. The number of ether oxygens (including phenoxy) is 1. The molecular formula is C11H18N2O3S. The van der Waals surface area contributed by atoms with E-state index in [1.807, 2.05) is 7.05 Å². The summed E-state index contributed by atoms with van der Waals surface area (Å²) < 4.78 is 31.3. The predicted octanol–water partition coefficient (Wildman–Crippen LogP) is 0.713. The molecule has 0 aliphatic rings. The van der Waals surface area contributed by atoms with E-state index in [9.17, 15) is 8.42 Å². The summed E-state index contributed by atoms with van der Waals surface area (Å²) in [5, 5.41) is 3.00. The Morgan fingerprint density at radius 2 is 2.06 bits per heavy atom. The second-order valence-electron chi connectivity index (χ2n) is 3.52. The van der Waals surface area contributed by atoms with E-state index < -0.39 is 10.0 Å². The largest absolute Gasteiger partial charge is 0.495 e. The van der Waals surface area contributed by atoms with E-state index in [0.717, 1.165) is 5.56 Å². The topological polar surface area (TPSA) is 67.4 Å². The molecule has 0 aliphatic carbocycles. The van der Waals surface area contributed by atoms with Crippen molar-refractivity contribution in [1.82, 2.24) is 10.0 Å². The highest BCUT2D eigenvalue weighted by Crippen LogP contribution is 2.24. The van der Waals surface area contributed by atoms with E-state index in [0.29, 0.717) is 18.8 Å². The number of methoxy groups -OCH3 is 1. The maximum atomic E-state index is 11.9. The number of rotatable bonds is 6. The average molecular weight is 258 g/mol. The number of hydrogen-bond donors (Lipinski definition) is 2. The first-order chi connectivity index (χ1) is 8.05. The van der Waals surface area contributed by atoms with E-state index in [1.54, 1.807) is 25.1 Å². The van der Waals surface area contributed by atoms with Crippen molar-refractivity contribution in [2.24, 2.45) is 0 Å². The third kappa shape index (κ3) is 3.42. The van der Waals surface area contributed by atoms with Crippen LogP contribution >= 0.6 is 0 Å². The van der Waals surface area contributed by atoms with Gasteiger partial charge < -0.3 is 10.1 Å². The fourth-order valence-corrected chi connectivity index (χ4v) is 2.71. The lowest BCUT2D eigenvalue weighted by molar-refractivity contribution is 0.401. The van der Waals surface area contributed by atoms with Gasteiger partial charge in [-0.2, -0.15) is 0 Å². The summed E-state index contributed by atoms with van der Waals surface area (Å²) in [5.74, 6) is 0.360. The van der Waals surface area contributed by atoms with E-state index in [4.69, 9.17) is 4.74 Å². The Labute approximate surface area is 102 Å². The molecule has 0 unspecified atom stereocenters. The Morgan fingerprint density at radius 1 is 1.35 bits per heavy atom. The molecule has 0 radical (unpaired) electrons. The number of benzene rings is 1. The zero-order chi connectivity index (χ0) is 12.9. The van der Waals surface area contributed by atoms with Gasteiger partial charge in [0.05, 0.1) is 7.11 Å². The van der Waals surface area contributed by atoms with Crippen LogP contribution in [0.15, 0.2) is 23.1 Å². The van der Waals surface area contributed by atoms with Gasteiger partial charge in [-0.05, 0) is 24.7 Å². The molecule has 0 aromatic heterocycles. The molecule has 0 atom stereocenters.